The lowest BCUT2D eigenvalue weighted by Crippen LogP contribution is -2.30. The van der Waals surface area contributed by atoms with Gasteiger partial charge in [-0.15, -0.1) is 0 Å². The highest BCUT2D eigenvalue weighted by Crippen LogP contribution is 2.24. The summed E-state index contributed by atoms with van der Waals surface area (Å²) in [5.74, 6) is -1.14. The Kier molecular flexibility index (Phi) is 4.30. The molecule has 0 N–H and O–H groups in total. The highest BCUT2D eigenvalue weighted by Gasteiger charge is 2.35. The average molecular weight is 263 g/mol. The van der Waals surface area contributed by atoms with E-state index in [9.17, 15) is 14.0 Å². The van der Waals surface area contributed by atoms with Crippen molar-refractivity contribution in [3.8, 4) is 0 Å². The first-order valence-corrected chi connectivity index (χ1v) is 6.81. The molecule has 0 fully saturated rings. The molecule has 102 valence electrons. The second-order valence-electron chi connectivity index (χ2n) is 4.87. The molecule has 2 rings (SSSR count). The van der Waals surface area contributed by atoms with Gasteiger partial charge in [-0.3, -0.25) is 14.5 Å². The third-order valence-corrected chi connectivity index (χ3v) is 3.42. The molecule has 0 saturated heterocycles. The van der Waals surface area contributed by atoms with Gasteiger partial charge in [-0.25, -0.2) is 4.39 Å². The van der Waals surface area contributed by atoms with Gasteiger partial charge in [0, 0.05) is 6.54 Å². The predicted octanol–water partition coefficient (Wildman–Crippen LogP) is 3.39. The fraction of sp³-hybridized carbons (Fsp3) is 0.467. The standard InChI is InChI=1S/C15H18FNO2/c1-2-3-4-5-6-9-17-14(18)12-8-7-11(16)10-13(12)15(17)19/h7-8,10H,2-6,9H2,1H3. The van der Waals surface area contributed by atoms with Crippen LogP contribution in [0.1, 0.15) is 59.7 Å². The third kappa shape index (κ3) is 2.83. The van der Waals surface area contributed by atoms with Gasteiger partial charge in [0.25, 0.3) is 11.8 Å². The van der Waals surface area contributed by atoms with E-state index < -0.39 is 5.82 Å². The van der Waals surface area contributed by atoms with E-state index in [1.54, 1.807) is 0 Å². The zero-order valence-corrected chi connectivity index (χ0v) is 11.1. The zero-order chi connectivity index (χ0) is 13.8. The lowest BCUT2D eigenvalue weighted by molar-refractivity contribution is 0.0651. The maximum atomic E-state index is 13.1. The van der Waals surface area contributed by atoms with Crippen molar-refractivity contribution in [2.45, 2.75) is 39.0 Å². The molecule has 1 aromatic carbocycles. The highest BCUT2D eigenvalue weighted by atomic mass is 19.1. The van der Waals surface area contributed by atoms with Crippen molar-refractivity contribution in [2.24, 2.45) is 0 Å². The SMILES string of the molecule is CCCCCCCN1C(=O)c2ccc(F)cc2C1=O. The van der Waals surface area contributed by atoms with Gasteiger partial charge in [-0.05, 0) is 24.6 Å². The van der Waals surface area contributed by atoms with Gasteiger partial charge in [0.1, 0.15) is 5.82 Å². The number of halogens is 1. The molecule has 0 aliphatic carbocycles. The minimum absolute atomic E-state index is 0.193. The summed E-state index contributed by atoms with van der Waals surface area (Å²) >= 11 is 0. The van der Waals surface area contributed by atoms with Crippen molar-refractivity contribution >= 4 is 11.8 Å². The summed E-state index contributed by atoms with van der Waals surface area (Å²) in [5, 5.41) is 0. The van der Waals surface area contributed by atoms with Crippen LogP contribution in [-0.4, -0.2) is 23.3 Å². The zero-order valence-electron chi connectivity index (χ0n) is 11.1. The van der Waals surface area contributed by atoms with Gasteiger partial charge in [0.05, 0.1) is 11.1 Å². The van der Waals surface area contributed by atoms with Crippen molar-refractivity contribution < 1.29 is 14.0 Å². The van der Waals surface area contributed by atoms with E-state index in [2.05, 4.69) is 6.92 Å². The average Bonchev–Trinajstić information content (AvgIpc) is 2.63. The van der Waals surface area contributed by atoms with Crippen LogP contribution in [0.25, 0.3) is 0 Å². The van der Waals surface area contributed by atoms with Crippen molar-refractivity contribution in [3.05, 3.63) is 35.1 Å². The molecule has 0 atom stereocenters. The summed E-state index contributed by atoms with van der Waals surface area (Å²) < 4.78 is 13.1. The molecule has 1 heterocycles. The largest absolute Gasteiger partial charge is 0.274 e. The number of hydrogen-bond acceptors (Lipinski definition) is 2. The maximum Gasteiger partial charge on any atom is 0.261 e. The third-order valence-electron chi connectivity index (χ3n) is 3.42. The Labute approximate surface area is 112 Å². The molecular formula is C15H18FNO2. The summed E-state index contributed by atoms with van der Waals surface area (Å²) in [6.45, 7) is 2.57. The van der Waals surface area contributed by atoms with Crippen LogP contribution < -0.4 is 0 Å². The second kappa shape index (κ2) is 5.95. The number of fused-ring (bicyclic) bond motifs is 1. The fourth-order valence-electron chi connectivity index (χ4n) is 2.34. The molecule has 0 bridgehead atoms. The predicted molar refractivity (Wildman–Crippen MR) is 70.5 cm³/mol. The lowest BCUT2D eigenvalue weighted by atomic mass is 10.1. The molecule has 1 aliphatic rings. The highest BCUT2D eigenvalue weighted by molar-refractivity contribution is 6.21. The number of hydrogen-bond donors (Lipinski definition) is 0. The van der Waals surface area contributed by atoms with Crippen LogP contribution >= 0.6 is 0 Å². The van der Waals surface area contributed by atoms with Crippen LogP contribution in [-0.2, 0) is 0 Å². The molecule has 4 heteroatoms. The Morgan fingerprint density at radius 3 is 2.42 bits per heavy atom. The summed E-state index contributed by atoms with van der Waals surface area (Å²) in [4.78, 5) is 25.3. The van der Waals surface area contributed by atoms with Crippen molar-refractivity contribution in [2.75, 3.05) is 6.54 Å². The Morgan fingerprint density at radius 1 is 1.00 bits per heavy atom. The van der Waals surface area contributed by atoms with Gasteiger partial charge < -0.3 is 0 Å². The fourth-order valence-corrected chi connectivity index (χ4v) is 2.34. The Balaban J connectivity index is 1.98. The van der Waals surface area contributed by atoms with Crippen molar-refractivity contribution in [1.82, 2.24) is 4.90 Å². The van der Waals surface area contributed by atoms with E-state index >= 15 is 0 Å². The van der Waals surface area contributed by atoms with E-state index in [1.807, 2.05) is 0 Å². The number of unbranched alkanes of at least 4 members (excludes halogenated alkanes) is 4. The minimum atomic E-state index is -0.482. The van der Waals surface area contributed by atoms with E-state index in [0.717, 1.165) is 31.7 Å². The normalized spacial score (nSPS) is 14.1. The topological polar surface area (TPSA) is 37.4 Å². The van der Waals surface area contributed by atoms with E-state index in [0.29, 0.717) is 12.1 Å². The molecule has 0 saturated carbocycles. The van der Waals surface area contributed by atoms with Crippen molar-refractivity contribution in [1.29, 1.82) is 0 Å². The lowest BCUT2D eigenvalue weighted by Gasteiger charge is -2.13. The molecule has 0 spiro atoms. The van der Waals surface area contributed by atoms with Crippen molar-refractivity contribution in [3.63, 3.8) is 0 Å². The molecule has 3 nitrogen and oxygen atoms in total. The van der Waals surface area contributed by atoms with Crippen LogP contribution in [0.15, 0.2) is 18.2 Å². The summed E-state index contributed by atoms with van der Waals surface area (Å²) in [6, 6.07) is 3.75. The molecule has 19 heavy (non-hydrogen) atoms. The van der Waals surface area contributed by atoms with Crippen LogP contribution in [0.3, 0.4) is 0 Å². The summed E-state index contributed by atoms with van der Waals surface area (Å²) in [6.07, 6.45) is 5.28. The van der Waals surface area contributed by atoms with Gasteiger partial charge in [-0.2, -0.15) is 0 Å². The van der Waals surface area contributed by atoms with Crippen LogP contribution in [0.4, 0.5) is 4.39 Å². The quantitative estimate of drug-likeness (QED) is 0.582. The first kappa shape index (κ1) is 13.7. The molecule has 0 aromatic heterocycles. The van der Waals surface area contributed by atoms with Gasteiger partial charge in [0.15, 0.2) is 0 Å². The van der Waals surface area contributed by atoms with Crippen LogP contribution in [0, 0.1) is 5.82 Å². The molecule has 1 aliphatic heterocycles. The van der Waals surface area contributed by atoms with Crippen LogP contribution in [0.2, 0.25) is 0 Å². The molecule has 0 radical (unpaired) electrons. The number of carbonyl (C=O) groups excluding carboxylic acids is 2. The summed E-state index contributed by atoms with van der Waals surface area (Å²) in [5.41, 5.74) is 0.513. The van der Waals surface area contributed by atoms with Crippen LogP contribution in [0.5, 0.6) is 0 Å². The van der Waals surface area contributed by atoms with E-state index in [1.165, 1.54) is 23.5 Å². The molecular weight excluding hydrogens is 245 g/mol. The number of rotatable bonds is 6. The van der Waals surface area contributed by atoms with E-state index in [4.69, 9.17) is 0 Å². The monoisotopic (exact) mass is 263 g/mol. The Hall–Kier alpha value is -1.71. The number of carbonyl (C=O) groups is 2. The Morgan fingerprint density at radius 2 is 1.68 bits per heavy atom. The number of nitrogens with zero attached hydrogens (tertiary/aromatic N) is 1. The first-order valence-electron chi connectivity index (χ1n) is 6.81. The number of amides is 2. The number of benzene rings is 1. The van der Waals surface area contributed by atoms with Gasteiger partial charge >= 0.3 is 0 Å². The number of imide groups is 1. The molecule has 1 aromatic rings. The minimum Gasteiger partial charge on any atom is -0.274 e. The van der Waals surface area contributed by atoms with Gasteiger partial charge in [0.2, 0.25) is 0 Å². The van der Waals surface area contributed by atoms with E-state index in [-0.39, 0.29) is 17.4 Å². The smallest absolute Gasteiger partial charge is 0.261 e. The first-order chi connectivity index (χ1) is 9.15. The second-order valence-corrected chi connectivity index (χ2v) is 4.87. The molecule has 2 amide bonds. The molecule has 0 unspecified atom stereocenters. The van der Waals surface area contributed by atoms with Gasteiger partial charge in [-0.1, -0.05) is 32.6 Å². The maximum absolute atomic E-state index is 13.1. The Bertz CT molecular complexity index is 499. The summed E-state index contributed by atoms with van der Waals surface area (Å²) in [7, 11) is 0.